The molecule has 1 saturated heterocycles. The summed E-state index contributed by atoms with van der Waals surface area (Å²) in [5.74, 6) is -0.307. The van der Waals surface area contributed by atoms with Crippen molar-refractivity contribution in [2.75, 3.05) is 20.2 Å². The van der Waals surface area contributed by atoms with E-state index in [0.29, 0.717) is 19.0 Å². The largest absolute Gasteiger partial charge is 0.472 e. The zero-order valence-electron chi connectivity index (χ0n) is 14.4. The van der Waals surface area contributed by atoms with Crippen LogP contribution < -0.4 is 9.47 Å². The monoisotopic (exact) mass is 337 g/mol. The average molecular weight is 337 g/mol. The molecule has 2 rings (SSSR count). The van der Waals surface area contributed by atoms with Gasteiger partial charge in [0, 0.05) is 25.7 Å². The van der Waals surface area contributed by atoms with Gasteiger partial charge in [0.15, 0.2) is 5.60 Å². The van der Waals surface area contributed by atoms with Crippen LogP contribution in [0.25, 0.3) is 0 Å². The Bertz CT molecular complexity index is 605. The summed E-state index contributed by atoms with van der Waals surface area (Å²) in [5.41, 5.74) is -1.19. The zero-order valence-corrected chi connectivity index (χ0v) is 14.4. The van der Waals surface area contributed by atoms with Gasteiger partial charge in [-0.15, -0.1) is 0 Å². The van der Waals surface area contributed by atoms with E-state index in [0.717, 1.165) is 12.8 Å². The Labute approximate surface area is 141 Å². The lowest BCUT2D eigenvalue weighted by molar-refractivity contribution is -0.169. The van der Waals surface area contributed by atoms with Gasteiger partial charge in [-0.25, -0.2) is 4.98 Å². The molecule has 0 spiro atoms. The molecule has 1 aromatic rings. The van der Waals surface area contributed by atoms with E-state index >= 15 is 0 Å². The molecule has 1 aliphatic heterocycles. The van der Waals surface area contributed by atoms with Gasteiger partial charge < -0.3 is 19.1 Å². The van der Waals surface area contributed by atoms with E-state index in [1.54, 1.807) is 31.0 Å². The molecule has 24 heavy (non-hydrogen) atoms. The topological polar surface area (TPSA) is 90.9 Å². The number of carbonyl (C=O) groups excluding carboxylic acids is 2. The quantitative estimate of drug-likeness (QED) is 0.746. The lowest BCUT2D eigenvalue weighted by Crippen LogP contribution is -2.53. The summed E-state index contributed by atoms with van der Waals surface area (Å²) in [6, 6.07) is 1.87. The van der Waals surface area contributed by atoms with Crippen molar-refractivity contribution in [3.05, 3.63) is 12.3 Å². The molecule has 0 radical (unpaired) electrons. The summed E-state index contributed by atoms with van der Waals surface area (Å²) >= 11 is 0. The molecule has 0 aromatic carbocycles. The van der Waals surface area contributed by atoms with Crippen LogP contribution in [0.3, 0.4) is 0 Å². The highest BCUT2D eigenvalue weighted by Crippen LogP contribution is 2.21. The molecule has 8 nitrogen and oxygen atoms in total. The number of aromatic nitrogens is 2. The molecule has 8 heteroatoms. The molecule has 1 amide bonds. The van der Waals surface area contributed by atoms with Crippen molar-refractivity contribution in [3.8, 4) is 11.9 Å². The molecule has 0 aliphatic carbocycles. The number of hydrogen-bond donors (Lipinski definition) is 0. The molecule has 1 atom stereocenters. The Morgan fingerprint density at radius 2 is 2.12 bits per heavy atom. The Morgan fingerprint density at radius 1 is 1.38 bits per heavy atom. The maximum absolute atomic E-state index is 12.6. The number of piperidine rings is 1. The Kier molecular flexibility index (Phi) is 5.58. The van der Waals surface area contributed by atoms with Gasteiger partial charge >= 0.3 is 12.0 Å². The molecule has 1 aliphatic rings. The van der Waals surface area contributed by atoms with Crippen LogP contribution in [-0.2, 0) is 14.3 Å². The first-order chi connectivity index (χ1) is 11.3. The first-order valence-corrected chi connectivity index (χ1v) is 7.84. The Balaban J connectivity index is 2.00. The van der Waals surface area contributed by atoms with Gasteiger partial charge in [-0.3, -0.25) is 9.59 Å². The maximum Gasteiger partial charge on any atom is 0.319 e. The molecular weight excluding hydrogens is 314 g/mol. The number of carbonyl (C=O) groups is 2. The van der Waals surface area contributed by atoms with Crippen molar-refractivity contribution in [1.29, 1.82) is 0 Å². The third-order valence-corrected chi connectivity index (χ3v) is 3.66. The molecule has 1 unspecified atom stereocenters. The maximum atomic E-state index is 12.6. The molecule has 0 bridgehead atoms. The van der Waals surface area contributed by atoms with Crippen LogP contribution in [0.4, 0.5) is 0 Å². The minimum atomic E-state index is -1.19. The lowest BCUT2D eigenvalue weighted by Gasteiger charge is -2.36. The van der Waals surface area contributed by atoms with Gasteiger partial charge in [0.2, 0.25) is 5.88 Å². The van der Waals surface area contributed by atoms with E-state index in [2.05, 4.69) is 9.97 Å². The second-order valence-electron chi connectivity index (χ2n) is 6.12. The average Bonchev–Trinajstić information content (AvgIpc) is 2.53. The van der Waals surface area contributed by atoms with E-state index in [1.165, 1.54) is 14.0 Å². The third-order valence-electron chi connectivity index (χ3n) is 3.66. The van der Waals surface area contributed by atoms with Crippen molar-refractivity contribution in [2.24, 2.45) is 0 Å². The van der Waals surface area contributed by atoms with Crippen molar-refractivity contribution >= 4 is 11.9 Å². The highest BCUT2D eigenvalue weighted by Gasteiger charge is 2.37. The highest BCUT2D eigenvalue weighted by atomic mass is 16.6. The number of amides is 1. The van der Waals surface area contributed by atoms with E-state index in [9.17, 15) is 9.59 Å². The van der Waals surface area contributed by atoms with E-state index in [-0.39, 0.29) is 18.0 Å². The Hall–Kier alpha value is -2.38. The van der Waals surface area contributed by atoms with Gasteiger partial charge in [-0.1, -0.05) is 0 Å². The van der Waals surface area contributed by atoms with Crippen molar-refractivity contribution in [2.45, 2.75) is 45.3 Å². The zero-order chi connectivity index (χ0) is 17.7. The highest BCUT2D eigenvalue weighted by molar-refractivity contribution is 5.86. The van der Waals surface area contributed by atoms with Crippen LogP contribution in [0.15, 0.2) is 12.3 Å². The SMILES string of the molecule is COc1nccc(OC2CCCN(C(=O)C(C)(C)OC(C)=O)C2)n1. The first-order valence-electron chi connectivity index (χ1n) is 7.84. The molecule has 0 N–H and O–H groups in total. The fraction of sp³-hybridized carbons (Fsp3) is 0.625. The number of likely N-dealkylation sites (tertiary alicyclic amines) is 1. The molecule has 132 valence electrons. The van der Waals surface area contributed by atoms with Gasteiger partial charge in [0.05, 0.1) is 13.7 Å². The first kappa shape index (κ1) is 18.0. The number of ether oxygens (including phenoxy) is 3. The van der Waals surface area contributed by atoms with Gasteiger partial charge in [0.1, 0.15) is 6.10 Å². The fourth-order valence-corrected chi connectivity index (χ4v) is 2.66. The van der Waals surface area contributed by atoms with Crippen molar-refractivity contribution in [1.82, 2.24) is 14.9 Å². The summed E-state index contributed by atoms with van der Waals surface area (Å²) in [6.07, 6.45) is 2.98. The van der Waals surface area contributed by atoms with Crippen LogP contribution >= 0.6 is 0 Å². The fourth-order valence-electron chi connectivity index (χ4n) is 2.66. The molecular formula is C16H23N3O5. The number of esters is 1. The van der Waals surface area contributed by atoms with Crippen molar-refractivity contribution < 1.29 is 23.8 Å². The predicted molar refractivity (Wildman–Crippen MR) is 84.7 cm³/mol. The molecule has 1 fully saturated rings. The van der Waals surface area contributed by atoms with E-state index < -0.39 is 11.6 Å². The molecule has 0 saturated carbocycles. The number of rotatable bonds is 5. The van der Waals surface area contributed by atoms with E-state index in [4.69, 9.17) is 14.2 Å². The number of methoxy groups -OCH3 is 1. The van der Waals surface area contributed by atoms with Crippen molar-refractivity contribution in [3.63, 3.8) is 0 Å². The van der Waals surface area contributed by atoms with Gasteiger partial charge in [0.25, 0.3) is 5.91 Å². The standard InChI is InChI=1S/C16H23N3O5/c1-11(20)24-16(2,3)14(21)19-9-5-6-12(10-19)23-13-7-8-17-15(18-13)22-4/h7-8,12H,5-6,9-10H2,1-4H3. The Morgan fingerprint density at radius 3 is 2.79 bits per heavy atom. The van der Waals surface area contributed by atoms with Gasteiger partial charge in [-0.05, 0) is 26.7 Å². The molecule has 2 heterocycles. The smallest absolute Gasteiger partial charge is 0.319 e. The predicted octanol–water partition coefficient (Wildman–Crippen LogP) is 1.20. The summed E-state index contributed by atoms with van der Waals surface area (Å²) < 4.78 is 15.9. The minimum Gasteiger partial charge on any atom is -0.472 e. The van der Waals surface area contributed by atoms with Crippen LogP contribution in [0, 0.1) is 0 Å². The van der Waals surface area contributed by atoms with Gasteiger partial charge in [-0.2, -0.15) is 4.98 Å². The summed E-state index contributed by atoms with van der Waals surface area (Å²) in [7, 11) is 1.48. The number of nitrogens with zero attached hydrogens (tertiary/aromatic N) is 3. The minimum absolute atomic E-state index is 0.185. The molecule has 1 aromatic heterocycles. The second kappa shape index (κ2) is 7.46. The van der Waals surface area contributed by atoms with Crippen LogP contribution in [0.5, 0.6) is 11.9 Å². The van der Waals surface area contributed by atoms with Crippen LogP contribution in [-0.4, -0.2) is 58.6 Å². The van der Waals surface area contributed by atoms with Crippen LogP contribution in [0.2, 0.25) is 0 Å². The third kappa shape index (κ3) is 4.56. The summed E-state index contributed by atoms with van der Waals surface area (Å²) in [4.78, 5) is 33.5. The normalized spacial score (nSPS) is 18.0. The lowest BCUT2D eigenvalue weighted by atomic mass is 10.0. The summed E-state index contributed by atoms with van der Waals surface area (Å²) in [5, 5.41) is 0. The number of hydrogen-bond acceptors (Lipinski definition) is 7. The van der Waals surface area contributed by atoms with E-state index in [1.807, 2.05) is 0 Å². The second-order valence-corrected chi connectivity index (χ2v) is 6.12. The van der Waals surface area contributed by atoms with Crippen LogP contribution in [0.1, 0.15) is 33.6 Å². The summed E-state index contributed by atoms with van der Waals surface area (Å²) in [6.45, 7) is 5.50.